The molecule has 0 spiro atoms. The number of H-pyrrole nitrogens is 1. The van der Waals surface area contributed by atoms with E-state index < -0.39 is 0 Å². The summed E-state index contributed by atoms with van der Waals surface area (Å²) in [5.41, 5.74) is 4.72. The van der Waals surface area contributed by atoms with Crippen molar-refractivity contribution in [2.75, 3.05) is 46.9 Å². The lowest BCUT2D eigenvalue weighted by Crippen LogP contribution is -2.51. The van der Waals surface area contributed by atoms with Crippen molar-refractivity contribution < 1.29 is 4.74 Å². The van der Waals surface area contributed by atoms with Gasteiger partial charge in [0.25, 0.3) is 0 Å². The molecule has 7 heteroatoms. The Hall–Kier alpha value is -2.84. The summed E-state index contributed by atoms with van der Waals surface area (Å²) in [4.78, 5) is 19.7. The number of fused-ring (bicyclic) bond motifs is 2. The highest BCUT2D eigenvalue weighted by atomic mass is 16.5. The van der Waals surface area contributed by atoms with Crippen LogP contribution in [0, 0.1) is 0 Å². The Morgan fingerprint density at radius 2 is 2.00 bits per heavy atom. The zero-order valence-electron chi connectivity index (χ0n) is 20.6. The molecule has 2 aliphatic rings. The zero-order valence-corrected chi connectivity index (χ0v) is 20.6. The van der Waals surface area contributed by atoms with Crippen LogP contribution in [-0.2, 0) is 4.74 Å². The molecule has 2 saturated heterocycles. The Morgan fingerprint density at radius 1 is 1.11 bits per heavy atom. The van der Waals surface area contributed by atoms with Crippen LogP contribution >= 0.6 is 0 Å². The molecular weight excluding hydrogens is 436 g/mol. The Kier molecular flexibility index (Phi) is 6.24. The molecule has 2 aromatic heterocycles. The Balaban J connectivity index is 1.35. The maximum Gasteiger partial charge on any atom is 0.116 e. The van der Waals surface area contributed by atoms with Gasteiger partial charge in [-0.25, -0.2) is 9.97 Å². The summed E-state index contributed by atoms with van der Waals surface area (Å²) in [6, 6.07) is 15.9. The van der Waals surface area contributed by atoms with Crippen molar-refractivity contribution in [3.8, 4) is 0 Å². The van der Waals surface area contributed by atoms with Crippen LogP contribution in [0.1, 0.15) is 36.2 Å². The van der Waals surface area contributed by atoms with Crippen LogP contribution in [0.4, 0.5) is 0 Å². The average Bonchev–Trinajstić information content (AvgIpc) is 3.38. The second-order valence-electron chi connectivity index (χ2n) is 10.1. The molecule has 2 aliphatic heterocycles. The molecule has 2 unspecified atom stereocenters. The molecule has 2 atom stereocenters. The maximum atomic E-state index is 6.37. The molecular formula is C28H34N6O. The third kappa shape index (κ3) is 4.45. The fraction of sp³-hybridized carbons (Fsp3) is 0.429. The minimum absolute atomic E-state index is 0.0421. The second kappa shape index (κ2) is 9.66. The minimum atomic E-state index is 0.0421. The number of aromatic nitrogens is 3. The first-order chi connectivity index (χ1) is 17.2. The monoisotopic (exact) mass is 470 g/mol. The summed E-state index contributed by atoms with van der Waals surface area (Å²) in [5, 5.41) is 2.34. The van der Waals surface area contributed by atoms with Gasteiger partial charge in [-0.1, -0.05) is 18.2 Å². The molecule has 0 bridgehead atoms. The minimum Gasteiger partial charge on any atom is -0.371 e. The molecule has 1 N–H and O–H groups in total. The summed E-state index contributed by atoms with van der Waals surface area (Å²) in [7, 11) is 4.54. The van der Waals surface area contributed by atoms with Crippen molar-refractivity contribution in [2.45, 2.75) is 31.2 Å². The standard InChI is InChI=1S/C28H34N6O/c1-32-12-9-22(10-13-32)33(2)28(20-6-7-25-21(16-20)17-29-19-31-25)34-14-15-35-27(18-34)24-4-3-5-26-23(24)8-11-30-26/h3-8,11,16-17,19,22,27-28,30H,9-10,12-15,18H2,1-2H3. The highest BCUT2D eigenvalue weighted by Crippen LogP contribution is 2.36. The van der Waals surface area contributed by atoms with E-state index in [-0.39, 0.29) is 12.3 Å². The van der Waals surface area contributed by atoms with Gasteiger partial charge in [0.05, 0.1) is 24.4 Å². The van der Waals surface area contributed by atoms with Gasteiger partial charge in [-0.3, -0.25) is 9.80 Å². The maximum absolute atomic E-state index is 6.37. The van der Waals surface area contributed by atoms with Crippen LogP contribution in [-0.4, -0.2) is 82.6 Å². The van der Waals surface area contributed by atoms with Crippen molar-refractivity contribution in [3.63, 3.8) is 0 Å². The molecule has 4 aromatic rings. The van der Waals surface area contributed by atoms with Gasteiger partial charge in [0.1, 0.15) is 6.33 Å². The van der Waals surface area contributed by atoms with E-state index in [4.69, 9.17) is 4.74 Å². The lowest BCUT2D eigenvalue weighted by atomic mass is 9.99. The van der Waals surface area contributed by atoms with E-state index in [9.17, 15) is 0 Å². The van der Waals surface area contributed by atoms with Gasteiger partial charge in [-0.05, 0) is 75.4 Å². The molecule has 0 saturated carbocycles. The zero-order chi connectivity index (χ0) is 23.8. The molecule has 2 aromatic carbocycles. The highest BCUT2D eigenvalue weighted by molar-refractivity contribution is 5.83. The molecule has 6 rings (SSSR count). The number of morpholine rings is 1. The highest BCUT2D eigenvalue weighted by Gasteiger charge is 2.35. The summed E-state index contributed by atoms with van der Waals surface area (Å²) >= 11 is 0. The normalized spacial score (nSPS) is 21.7. The van der Waals surface area contributed by atoms with Gasteiger partial charge in [0.2, 0.25) is 0 Å². The van der Waals surface area contributed by atoms with E-state index in [1.807, 2.05) is 12.4 Å². The first-order valence-corrected chi connectivity index (χ1v) is 12.7. The van der Waals surface area contributed by atoms with Gasteiger partial charge in [0, 0.05) is 47.8 Å². The number of hydrogen-bond acceptors (Lipinski definition) is 6. The molecule has 7 nitrogen and oxygen atoms in total. The third-order valence-electron chi connectivity index (χ3n) is 7.90. The number of piperidine rings is 1. The largest absolute Gasteiger partial charge is 0.371 e. The number of likely N-dealkylation sites (tertiary alicyclic amines) is 1. The van der Waals surface area contributed by atoms with Crippen LogP contribution in [0.25, 0.3) is 21.8 Å². The van der Waals surface area contributed by atoms with Crippen molar-refractivity contribution in [1.82, 2.24) is 29.7 Å². The molecule has 0 aliphatic carbocycles. The lowest BCUT2D eigenvalue weighted by Gasteiger charge is -2.46. The van der Waals surface area contributed by atoms with Gasteiger partial charge < -0.3 is 14.6 Å². The predicted molar refractivity (Wildman–Crippen MR) is 139 cm³/mol. The van der Waals surface area contributed by atoms with E-state index in [1.54, 1.807) is 6.33 Å². The van der Waals surface area contributed by atoms with E-state index in [0.29, 0.717) is 6.04 Å². The number of ether oxygens (including phenoxy) is 1. The quantitative estimate of drug-likeness (QED) is 0.472. The number of aromatic amines is 1. The van der Waals surface area contributed by atoms with Crippen molar-refractivity contribution >= 4 is 21.8 Å². The molecule has 2 fully saturated rings. The SMILES string of the molecule is CN1CCC(N(C)C(c2ccc3ncncc3c2)N2CCOC(c3cccc4[nH]ccc34)C2)CC1. The van der Waals surface area contributed by atoms with Crippen LogP contribution in [0.15, 0.2) is 61.2 Å². The van der Waals surface area contributed by atoms with E-state index in [0.717, 1.165) is 49.2 Å². The smallest absolute Gasteiger partial charge is 0.116 e. The van der Waals surface area contributed by atoms with Crippen molar-refractivity contribution in [1.29, 1.82) is 0 Å². The summed E-state index contributed by atoms with van der Waals surface area (Å²) in [6.07, 6.45) is 8.16. The van der Waals surface area contributed by atoms with Crippen LogP contribution in [0.3, 0.4) is 0 Å². The van der Waals surface area contributed by atoms with E-state index >= 15 is 0 Å². The Morgan fingerprint density at radius 3 is 2.89 bits per heavy atom. The fourth-order valence-electron chi connectivity index (χ4n) is 5.94. The molecule has 0 radical (unpaired) electrons. The van der Waals surface area contributed by atoms with E-state index in [2.05, 4.69) is 86.2 Å². The average molecular weight is 471 g/mol. The number of benzene rings is 2. The topological polar surface area (TPSA) is 60.5 Å². The first-order valence-electron chi connectivity index (χ1n) is 12.7. The second-order valence-corrected chi connectivity index (χ2v) is 10.1. The van der Waals surface area contributed by atoms with Crippen molar-refractivity contribution in [3.05, 3.63) is 72.3 Å². The summed E-state index contributed by atoms with van der Waals surface area (Å²) < 4.78 is 6.37. The Bertz CT molecular complexity index is 1300. The number of nitrogens with one attached hydrogen (secondary N) is 1. The van der Waals surface area contributed by atoms with Gasteiger partial charge >= 0.3 is 0 Å². The first kappa shape index (κ1) is 22.6. The summed E-state index contributed by atoms with van der Waals surface area (Å²) in [5.74, 6) is 0. The van der Waals surface area contributed by atoms with Gasteiger partial charge in [-0.2, -0.15) is 0 Å². The van der Waals surface area contributed by atoms with Gasteiger partial charge in [-0.15, -0.1) is 0 Å². The number of rotatable bonds is 5. The van der Waals surface area contributed by atoms with Gasteiger partial charge in [0.15, 0.2) is 0 Å². The van der Waals surface area contributed by atoms with E-state index in [1.165, 1.54) is 29.4 Å². The lowest BCUT2D eigenvalue weighted by molar-refractivity contribution is -0.0838. The third-order valence-corrected chi connectivity index (χ3v) is 7.90. The number of nitrogens with zero attached hydrogens (tertiary/aromatic N) is 5. The molecule has 0 amide bonds. The van der Waals surface area contributed by atoms with Crippen LogP contribution in [0.2, 0.25) is 0 Å². The molecule has 35 heavy (non-hydrogen) atoms. The predicted octanol–water partition coefficient (Wildman–Crippen LogP) is 4.21. The number of hydrogen-bond donors (Lipinski definition) is 1. The molecule has 4 heterocycles. The fourth-order valence-corrected chi connectivity index (χ4v) is 5.94. The van der Waals surface area contributed by atoms with Crippen LogP contribution in [0.5, 0.6) is 0 Å². The molecule has 182 valence electrons. The van der Waals surface area contributed by atoms with Crippen molar-refractivity contribution in [2.24, 2.45) is 0 Å². The van der Waals surface area contributed by atoms with Crippen LogP contribution < -0.4 is 0 Å². The summed E-state index contributed by atoms with van der Waals surface area (Å²) in [6.45, 7) is 4.78. The Labute approximate surface area is 206 Å².